The molecule has 4 aliphatic heterocycles. The zero-order valence-electron chi connectivity index (χ0n) is 32.5. The molecular formula is C43H58N2O6S2. The Hall–Kier alpha value is -2.98. The first kappa shape index (κ1) is 39.7. The lowest BCUT2D eigenvalue weighted by molar-refractivity contribution is -0.173. The number of thioether (sulfide) groups is 2. The van der Waals surface area contributed by atoms with E-state index in [9.17, 15) is 19.2 Å². The highest BCUT2D eigenvalue weighted by atomic mass is 32.2. The van der Waals surface area contributed by atoms with Crippen molar-refractivity contribution in [2.45, 2.75) is 128 Å². The van der Waals surface area contributed by atoms with Crippen LogP contribution in [0, 0.1) is 16.2 Å². The number of nitrogens with zero attached hydrogens (tertiary/aromatic N) is 2. The van der Waals surface area contributed by atoms with Crippen LogP contribution in [0.25, 0.3) is 0 Å². The summed E-state index contributed by atoms with van der Waals surface area (Å²) >= 11 is 3.84. The zero-order valence-corrected chi connectivity index (χ0v) is 34.1. The number of fused-ring (bicyclic) bond motifs is 2. The quantitative estimate of drug-likeness (QED) is 0.125. The molecular weight excluding hydrogens is 705 g/mol. The van der Waals surface area contributed by atoms with E-state index in [-0.39, 0.29) is 57.4 Å². The molecule has 2 unspecified atom stereocenters. The minimum Gasteiger partial charge on any atom is -0.465 e. The van der Waals surface area contributed by atoms with Crippen LogP contribution < -0.4 is 0 Å². The van der Waals surface area contributed by atoms with E-state index < -0.39 is 17.4 Å². The third kappa shape index (κ3) is 6.93. The van der Waals surface area contributed by atoms with Gasteiger partial charge in [0, 0.05) is 58.8 Å². The molecule has 6 rings (SSSR count). The first-order chi connectivity index (χ1) is 25.3. The average Bonchev–Trinajstić information content (AvgIpc) is 3.68. The fourth-order valence-corrected chi connectivity index (χ4v) is 14.0. The first-order valence-electron chi connectivity index (χ1n) is 19.5. The van der Waals surface area contributed by atoms with Crippen molar-refractivity contribution in [1.29, 1.82) is 0 Å². The summed E-state index contributed by atoms with van der Waals surface area (Å²) < 4.78 is 11.3. The van der Waals surface area contributed by atoms with Gasteiger partial charge in [0.15, 0.2) is 5.41 Å². The number of hydrogen-bond donors (Lipinski definition) is 0. The Morgan fingerprint density at radius 1 is 0.717 bits per heavy atom. The summed E-state index contributed by atoms with van der Waals surface area (Å²) in [5.41, 5.74) is -0.184. The van der Waals surface area contributed by atoms with E-state index in [0.29, 0.717) is 51.6 Å². The van der Waals surface area contributed by atoms with Crippen molar-refractivity contribution >= 4 is 47.3 Å². The maximum Gasteiger partial charge on any atom is 0.323 e. The summed E-state index contributed by atoms with van der Waals surface area (Å²) in [5.74, 6) is 1.13. The van der Waals surface area contributed by atoms with Crippen LogP contribution in [0.3, 0.4) is 0 Å². The third-order valence-electron chi connectivity index (χ3n) is 13.6. The fourth-order valence-electron chi connectivity index (χ4n) is 9.88. The molecule has 2 amide bonds. The van der Waals surface area contributed by atoms with Crippen molar-refractivity contribution in [2.24, 2.45) is 16.2 Å². The normalized spacial score (nSPS) is 30.8. The molecule has 0 saturated carbocycles. The molecule has 0 aliphatic carbocycles. The van der Waals surface area contributed by atoms with Crippen molar-refractivity contribution in [3.8, 4) is 0 Å². The summed E-state index contributed by atoms with van der Waals surface area (Å²) in [4.78, 5) is 59.2. The minimum atomic E-state index is -1.41. The van der Waals surface area contributed by atoms with Gasteiger partial charge in [-0.05, 0) is 64.5 Å². The number of likely N-dealkylation sites (tertiary alicyclic amines) is 2. The van der Waals surface area contributed by atoms with Gasteiger partial charge in [0.25, 0.3) is 0 Å². The van der Waals surface area contributed by atoms with E-state index in [2.05, 4.69) is 61.8 Å². The standard InChI is InChI=1S/C43H58N2O6S2/c1-7-50-37(48)43(38(49)51-8-2,23-15-21-33-40(4)26-36(47)44(41(40,5)30-53-33)27-31-17-11-9-12-18-31)24-16-22-34-42(6)39(3,29-52-34)25-35(46)45(42)28-32-19-13-10-14-20-32/h9-14,17-20,33-34H,7-8,15-16,21-30H2,1-6H3/t33?,34?,39-,40-,41+,42+/m0/s1. The molecule has 2 aromatic carbocycles. The molecule has 8 nitrogen and oxygen atoms in total. The fraction of sp³-hybridized carbons (Fsp3) is 0.628. The lowest BCUT2D eigenvalue weighted by Gasteiger charge is -2.44. The summed E-state index contributed by atoms with van der Waals surface area (Å²) in [6, 6.07) is 20.4. The molecule has 0 radical (unpaired) electrons. The highest BCUT2D eigenvalue weighted by Crippen LogP contribution is 2.61. The number of esters is 2. The van der Waals surface area contributed by atoms with Gasteiger partial charge in [-0.25, -0.2) is 0 Å². The molecule has 2 aromatic rings. The van der Waals surface area contributed by atoms with E-state index in [0.717, 1.165) is 35.5 Å². The Labute approximate surface area is 324 Å². The number of carbonyl (C=O) groups is 4. The Kier molecular flexibility index (Phi) is 11.7. The lowest BCUT2D eigenvalue weighted by Crippen LogP contribution is -2.54. The van der Waals surface area contributed by atoms with Crippen LogP contribution >= 0.6 is 23.5 Å². The average molecular weight is 763 g/mol. The summed E-state index contributed by atoms with van der Waals surface area (Å²) in [6.45, 7) is 14.1. The van der Waals surface area contributed by atoms with Crippen LogP contribution in [0.5, 0.6) is 0 Å². The summed E-state index contributed by atoms with van der Waals surface area (Å²) in [5, 5.41) is 0.373. The van der Waals surface area contributed by atoms with Crippen molar-refractivity contribution in [2.75, 3.05) is 24.7 Å². The van der Waals surface area contributed by atoms with Crippen molar-refractivity contribution in [3.63, 3.8) is 0 Å². The molecule has 288 valence electrons. The molecule has 4 aliphatic rings. The maximum atomic E-state index is 13.9. The molecule has 10 heteroatoms. The minimum absolute atomic E-state index is 0.157. The van der Waals surface area contributed by atoms with Gasteiger partial charge in [-0.1, -0.05) is 87.4 Å². The smallest absolute Gasteiger partial charge is 0.323 e. The van der Waals surface area contributed by atoms with Crippen LogP contribution in [0.2, 0.25) is 0 Å². The van der Waals surface area contributed by atoms with Gasteiger partial charge in [-0.2, -0.15) is 23.5 Å². The molecule has 4 saturated heterocycles. The summed E-state index contributed by atoms with van der Waals surface area (Å²) in [7, 11) is 0. The molecule has 0 N–H and O–H groups in total. The molecule has 4 heterocycles. The number of benzene rings is 2. The highest BCUT2D eigenvalue weighted by Gasteiger charge is 2.65. The second kappa shape index (κ2) is 15.6. The Morgan fingerprint density at radius 2 is 1.21 bits per heavy atom. The van der Waals surface area contributed by atoms with Crippen LogP contribution in [-0.4, -0.2) is 79.8 Å². The van der Waals surface area contributed by atoms with E-state index in [4.69, 9.17) is 9.47 Å². The second-order valence-electron chi connectivity index (χ2n) is 16.6. The zero-order chi connectivity index (χ0) is 38.1. The van der Waals surface area contributed by atoms with E-state index >= 15 is 0 Å². The maximum absolute atomic E-state index is 13.9. The third-order valence-corrected chi connectivity index (χ3v) is 17.4. The predicted molar refractivity (Wildman–Crippen MR) is 212 cm³/mol. The molecule has 0 spiro atoms. The Balaban J connectivity index is 1.17. The van der Waals surface area contributed by atoms with Gasteiger partial charge < -0.3 is 19.3 Å². The first-order valence-corrected chi connectivity index (χ1v) is 21.6. The number of hydrogen-bond acceptors (Lipinski definition) is 8. The van der Waals surface area contributed by atoms with Gasteiger partial charge in [0.1, 0.15) is 0 Å². The van der Waals surface area contributed by atoms with E-state index in [1.807, 2.05) is 59.9 Å². The molecule has 0 bridgehead atoms. The second-order valence-corrected chi connectivity index (χ2v) is 19.0. The van der Waals surface area contributed by atoms with Crippen LogP contribution in [0.1, 0.15) is 104 Å². The van der Waals surface area contributed by atoms with Gasteiger partial charge in [0.2, 0.25) is 11.8 Å². The Bertz CT molecular complexity index is 1640. The van der Waals surface area contributed by atoms with Crippen molar-refractivity contribution in [1.82, 2.24) is 9.80 Å². The topological polar surface area (TPSA) is 93.2 Å². The number of carbonyl (C=O) groups excluding carboxylic acids is 4. The number of amides is 2. The van der Waals surface area contributed by atoms with Gasteiger partial charge >= 0.3 is 11.9 Å². The van der Waals surface area contributed by atoms with Crippen molar-refractivity contribution < 1.29 is 28.7 Å². The van der Waals surface area contributed by atoms with Crippen LogP contribution in [0.15, 0.2) is 60.7 Å². The van der Waals surface area contributed by atoms with Crippen LogP contribution in [0.4, 0.5) is 0 Å². The molecule has 6 atom stereocenters. The Morgan fingerprint density at radius 3 is 1.75 bits per heavy atom. The SMILES string of the molecule is CCOC(=O)C(CCCC1SC[C@@]2(C)N(Cc3ccccc3)C(=O)C[C@@]12C)(CCCC1SC[C@]2(C)CC(=O)N(Cc3ccccc3)[C@]12C)C(=O)OCC. The van der Waals surface area contributed by atoms with E-state index in [1.54, 1.807) is 13.8 Å². The monoisotopic (exact) mass is 762 g/mol. The predicted octanol–water partition coefficient (Wildman–Crippen LogP) is 8.07. The lowest BCUT2D eigenvalue weighted by atomic mass is 9.69. The highest BCUT2D eigenvalue weighted by molar-refractivity contribution is 8.00. The number of rotatable bonds is 16. The molecule has 53 heavy (non-hydrogen) atoms. The van der Waals surface area contributed by atoms with Crippen LogP contribution in [-0.2, 0) is 41.7 Å². The summed E-state index contributed by atoms with van der Waals surface area (Å²) in [6.07, 6.45) is 4.52. The van der Waals surface area contributed by atoms with E-state index in [1.165, 1.54) is 0 Å². The molecule has 4 fully saturated rings. The van der Waals surface area contributed by atoms with Gasteiger partial charge in [-0.3, -0.25) is 19.2 Å². The molecule has 0 aromatic heterocycles. The largest absolute Gasteiger partial charge is 0.465 e. The van der Waals surface area contributed by atoms with Crippen molar-refractivity contribution in [3.05, 3.63) is 71.8 Å². The van der Waals surface area contributed by atoms with Gasteiger partial charge in [0.05, 0.1) is 24.3 Å². The van der Waals surface area contributed by atoms with Gasteiger partial charge in [-0.15, -0.1) is 0 Å². The number of ether oxygens (including phenoxy) is 2.